The van der Waals surface area contributed by atoms with E-state index in [0.29, 0.717) is 33.4 Å². The van der Waals surface area contributed by atoms with Crippen LogP contribution in [-0.4, -0.2) is 19.2 Å². The number of aromatic nitrogens is 1. The Balaban J connectivity index is 0.00000256. The van der Waals surface area contributed by atoms with E-state index in [1.165, 1.54) is 0 Å². The van der Waals surface area contributed by atoms with Crippen molar-refractivity contribution in [1.29, 1.82) is 0 Å². The molecule has 1 heterocycles. The van der Waals surface area contributed by atoms with Crippen molar-refractivity contribution in [3.8, 4) is 28.5 Å². The molecule has 1 N–H and O–H groups in total. The number of nitrogens with one attached hydrogen (secondary N) is 1. The van der Waals surface area contributed by atoms with Gasteiger partial charge in [0.15, 0.2) is 0 Å². The summed E-state index contributed by atoms with van der Waals surface area (Å²) in [4.78, 5) is 4.25. The average molecular weight is 445 g/mol. The molecule has 0 aliphatic rings. The summed E-state index contributed by atoms with van der Waals surface area (Å²) < 4.78 is 10.7. The largest absolute Gasteiger partial charge is 1.00 e. The molecule has 0 bridgehead atoms. The van der Waals surface area contributed by atoms with Gasteiger partial charge in [-0.15, -0.1) is 0 Å². The number of ether oxygens (including phenoxy) is 2. The van der Waals surface area contributed by atoms with E-state index in [4.69, 9.17) is 21.1 Å². The van der Waals surface area contributed by atoms with Crippen LogP contribution >= 0.6 is 11.6 Å². The third kappa shape index (κ3) is 4.59. The van der Waals surface area contributed by atoms with Gasteiger partial charge in [-0.1, -0.05) is 41.9 Å². The molecule has 0 saturated heterocycles. The molecule has 3 aromatic carbocycles. The average Bonchev–Trinajstić information content (AvgIpc) is 2.75. The van der Waals surface area contributed by atoms with Crippen molar-refractivity contribution >= 4 is 33.9 Å². The maximum absolute atomic E-state index is 13.0. The van der Waals surface area contributed by atoms with E-state index in [-0.39, 0.29) is 57.3 Å². The van der Waals surface area contributed by atoms with E-state index < -0.39 is 0 Å². The molecule has 0 spiro atoms. The van der Waals surface area contributed by atoms with Gasteiger partial charge in [-0.25, -0.2) is 0 Å². The zero-order valence-corrected chi connectivity index (χ0v) is 20.8. The summed E-state index contributed by atoms with van der Waals surface area (Å²) in [5.74, 6) is 0.840. The first-order valence-corrected chi connectivity index (χ1v) is 9.33. The number of fused-ring (bicyclic) bond motifs is 1. The molecule has 0 fully saturated rings. The third-order valence-corrected chi connectivity index (χ3v) is 4.88. The Kier molecular flexibility index (Phi) is 7.63. The van der Waals surface area contributed by atoms with Crippen LogP contribution in [0.15, 0.2) is 66.7 Å². The van der Waals surface area contributed by atoms with Gasteiger partial charge in [-0.2, -0.15) is 0 Å². The predicted octanol–water partition coefficient (Wildman–Crippen LogP) is 2.39. The van der Waals surface area contributed by atoms with E-state index >= 15 is 0 Å². The van der Waals surface area contributed by atoms with E-state index in [0.717, 1.165) is 16.5 Å². The second kappa shape index (κ2) is 10.0. The molecule has 0 aliphatic carbocycles. The number of methoxy groups -OCH3 is 2. The number of hydrogen-bond donors (Lipinski definition) is 1. The van der Waals surface area contributed by atoms with Crippen molar-refractivity contribution in [1.82, 2.24) is 4.98 Å². The van der Waals surface area contributed by atoms with E-state index in [1.54, 1.807) is 44.6 Å². The van der Waals surface area contributed by atoms with Crippen LogP contribution in [-0.2, 0) is 0 Å². The van der Waals surface area contributed by atoms with Crippen LogP contribution in [0.1, 0.15) is 0 Å². The zero-order valence-electron chi connectivity index (χ0n) is 16.9. The van der Waals surface area contributed by atoms with Gasteiger partial charge in [-0.3, -0.25) is 4.98 Å². The van der Waals surface area contributed by atoms with Crippen molar-refractivity contribution in [3.05, 3.63) is 71.8 Å². The molecule has 0 unspecified atom stereocenters. The smallest absolute Gasteiger partial charge is 0.857 e. The minimum Gasteiger partial charge on any atom is -0.857 e. The number of anilines is 2. The van der Waals surface area contributed by atoms with Gasteiger partial charge in [-0.05, 0) is 35.9 Å². The number of pyridine rings is 1. The number of hydrogen-bond acceptors (Lipinski definition) is 5. The van der Waals surface area contributed by atoms with E-state index in [2.05, 4.69) is 10.3 Å². The molecule has 0 atom stereocenters. The monoisotopic (exact) mass is 444 g/mol. The fourth-order valence-electron chi connectivity index (χ4n) is 3.27. The molecule has 5 nitrogen and oxygen atoms in total. The molecule has 4 rings (SSSR count). The third-order valence-electron chi connectivity index (χ3n) is 4.64. The molecule has 0 amide bonds. The molecule has 0 radical (unpaired) electrons. The first-order valence-electron chi connectivity index (χ1n) is 8.95. The van der Waals surface area contributed by atoms with Gasteiger partial charge in [0.2, 0.25) is 0 Å². The van der Waals surface area contributed by atoms with Crippen LogP contribution in [0.4, 0.5) is 11.4 Å². The number of halogens is 1. The second-order valence-electron chi connectivity index (χ2n) is 6.39. The summed E-state index contributed by atoms with van der Waals surface area (Å²) in [5.41, 5.74) is 3.20. The Morgan fingerprint density at radius 3 is 2.40 bits per heavy atom. The van der Waals surface area contributed by atoms with Gasteiger partial charge in [0, 0.05) is 27.9 Å². The Bertz CT molecular complexity index is 1190. The molecule has 7 heteroatoms. The Morgan fingerprint density at radius 2 is 1.70 bits per heavy atom. The first kappa shape index (κ1) is 22.9. The first-order chi connectivity index (χ1) is 14.1. The Labute approximate surface area is 222 Å². The summed E-state index contributed by atoms with van der Waals surface area (Å²) in [5, 5.41) is 17.6. The van der Waals surface area contributed by atoms with Crippen molar-refractivity contribution < 1.29 is 66.0 Å². The topological polar surface area (TPSA) is 66.4 Å². The van der Waals surface area contributed by atoms with Gasteiger partial charge in [0.25, 0.3) is 0 Å². The molecule has 0 aliphatic heterocycles. The number of nitrogens with zero attached hydrogens (tertiary/aromatic N) is 1. The zero-order chi connectivity index (χ0) is 20.4. The molecule has 1 aromatic heterocycles. The summed E-state index contributed by atoms with van der Waals surface area (Å²) >= 11 is 6.25. The van der Waals surface area contributed by atoms with Crippen LogP contribution in [0.5, 0.6) is 17.4 Å². The molecule has 4 aromatic rings. The standard InChI is InChI=1S/C23H19ClN2O3.K/c1-28-16-9-11-19(20(13-16)29-2)25-22-21(14-6-4-3-5-7-14)17-12-15(24)8-10-18(17)26-23(22)27;/h3-13,25H,1-2H3,(H,26,27);/q;+1/p-1. The molecule has 146 valence electrons. The summed E-state index contributed by atoms with van der Waals surface area (Å²) in [6.07, 6.45) is 0. The minimum atomic E-state index is -0.364. The van der Waals surface area contributed by atoms with Crippen molar-refractivity contribution in [2.45, 2.75) is 0 Å². The molecular formula is C23H18ClKN2O3. The summed E-state index contributed by atoms with van der Waals surface area (Å²) in [6, 6.07) is 20.3. The van der Waals surface area contributed by atoms with Crippen LogP contribution in [0.3, 0.4) is 0 Å². The summed E-state index contributed by atoms with van der Waals surface area (Å²) in [7, 11) is 3.15. The quantitative estimate of drug-likeness (QED) is 0.479. The number of rotatable bonds is 5. The van der Waals surface area contributed by atoms with E-state index in [9.17, 15) is 5.11 Å². The maximum Gasteiger partial charge on any atom is 1.00 e. The number of benzene rings is 3. The molecular weight excluding hydrogens is 427 g/mol. The Hall–Kier alpha value is -1.80. The second-order valence-corrected chi connectivity index (χ2v) is 6.82. The fraction of sp³-hybridized carbons (Fsp3) is 0.0870. The van der Waals surface area contributed by atoms with Gasteiger partial charge in [0.1, 0.15) is 11.5 Å². The minimum absolute atomic E-state index is 0. The summed E-state index contributed by atoms with van der Waals surface area (Å²) in [6.45, 7) is 0. The fourth-order valence-corrected chi connectivity index (χ4v) is 3.44. The SMILES string of the molecule is COc1ccc(Nc2c([O-])nc3ccc(Cl)cc3c2-c2ccccc2)c(OC)c1.[K+]. The van der Waals surface area contributed by atoms with Gasteiger partial charge in [0.05, 0.1) is 31.1 Å². The van der Waals surface area contributed by atoms with Gasteiger partial charge < -0.3 is 19.9 Å². The van der Waals surface area contributed by atoms with Crippen LogP contribution < -0.4 is 71.3 Å². The van der Waals surface area contributed by atoms with Crippen LogP contribution in [0.25, 0.3) is 22.0 Å². The van der Waals surface area contributed by atoms with E-state index in [1.807, 2.05) is 36.4 Å². The predicted molar refractivity (Wildman–Crippen MR) is 114 cm³/mol. The van der Waals surface area contributed by atoms with Crippen molar-refractivity contribution in [3.63, 3.8) is 0 Å². The van der Waals surface area contributed by atoms with Crippen LogP contribution in [0, 0.1) is 0 Å². The van der Waals surface area contributed by atoms with Gasteiger partial charge >= 0.3 is 51.4 Å². The normalized spacial score (nSPS) is 10.4. The Morgan fingerprint density at radius 1 is 0.933 bits per heavy atom. The van der Waals surface area contributed by atoms with Crippen molar-refractivity contribution in [2.24, 2.45) is 0 Å². The molecule has 0 saturated carbocycles. The maximum atomic E-state index is 13.0. The van der Waals surface area contributed by atoms with Crippen LogP contribution in [0.2, 0.25) is 5.02 Å². The van der Waals surface area contributed by atoms with Crippen molar-refractivity contribution in [2.75, 3.05) is 19.5 Å². The molecule has 30 heavy (non-hydrogen) atoms.